The quantitative estimate of drug-likeness (QED) is 0.222. The number of benzene rings is 2. The SMILES string of the molecule is CCc1ccc(OCCCSc2nc3scc(-c4ccccc4)c3c(=O)[nH]2)cc1. The number of thiophene rings is 1. The summed E-state index contributed by atoms with van der Waals surface area (Å²) in [6.45, 7) is 2.78. The second kappa shape index (κ2) is 9.29. The normalized spacial score (nSPS) is 11.1. The lowest BCUT2D eigenvalue weighted by Crippen LogP contribution is -2.09. The van der Waals surface area contributed by atoms with Crippen molar-refractivity contribution in [3.63, 3.8) is 0 Å². The van der Waals surface area contributed by atoms with Crippen LogP contribution in [0.4, 0.5) is 0 Å². The third-order valence-electron chi connectivity index (χ3n) is 4.63. The van der Waals surface area contributed by atoms with E-state index >= 15 is 0 Å². The Balaban J connectivity index is 1.36. The molecular weight excluding hydrogens is 400 g/mol. The average Bonchev–Trinajstić information content (AvgIpc) is 3.19. The smallest absolute Gasteiger partial charge is 0.260 e. The van der Waals surface area contributed by atoms with Gasteiger partial charge in [-0.1, -0.05) is 61.2 Å². The Kier molecular flexibility index (Phi) is 6.32. The van der Waals surface area contributed by atoms with E-state index in [0.717, 1.165) is 40.3 Å². The van der Waals surface area contributed by atoms with Gasteiger partial charge in [0.25, 0.3) is 5.56 Å². The third-order valence-corrected chi connectivity index (χ3v) is 6.47. The summed E-state index contributed by atoms with van der Waals surface area (Å²) in [6, 6.07) is 18.2. The molecule has 1 N–H and O–H groups in total. The molecule has 0 aliphatic heterocycles. The predicted octanol–water partition coefficient (Wildman–Crippen LogP) is 5.78. The Bertz CT molecular complexity index is 1140. The molecule has 0 amide bonds. The highest BCUT2D eigenvalue weighted by atomic mass is 32.2. The van der Waals surface area contributed by atoms with Gasteiger partial charge >= 0.3 is 0 Å². The fourth-order valence-electron chi connectivity index (χ4n) is 3.07. The molecule has 4 rings (SSSR count). The van der Waals surface area contributed by atoms with Crippen molar-refractivity contribution in [2.75, 3.05) is 12.4 Å². The summed E-state index contributed by atoms with van der Waals surface area (Å²) in [6.07, 6.45) is 1.91. The average molecular weight is 423 g/mol. The number of nitrogens with one attached hydrogen (secondary N) is 1. The van der Waals surface area contributed by atoms with Crippen molar-refractivity contribution in [2.45, 2.75) is 24.9 Å². The van der Waals surface area contributed by atoms with Crippen LogP contribution in [-0.4, -0.2) is 22.3 Å². The van der Waals surface area contributed by atoms with Gasteiger partial charge in [0.15, 0.2) is 5.16 Å². The van der Waals surface area contributed by atoms with Crippen LogP contribution in [0.15, 0.2) is 69.9 Å². The van der Waals surface area contributed by atoms with Crippen LogP contribution in [0.3, 0.4) is 0 Å². The number of H-pyrrole nitrogens is 1. The van der Waals surface area contributed by atoms with Gasteiger partial charge in [0.05, 0.1) is 12.0 Å². The zero-order valence-corrected chi connectivity index (χ0v) is 17.8. The van der Waals surface area contributed by atoms with Crippen molar-refractivity contribution in [3.05, 3.63) is 75.9 Å². The Hall–Kier alpha value is -2.57. The molecule has 2 aromatic heterocycles. The summed E-state index contributed by atoms with van der Waals surface area (Å²) in [5.41, 5.74) is 3.21. The van der Waals surface area contributed by atoms with E-state index in [1.165, 1.54) is 16.9 Å². The van der Waals surface area contributed by atoms with Gasteiger partial charge in [0, 0.05) is 16.7 Å². The topological polar surface area (TPSA) is 55.0 Å². The van der Waals surface area contributed by atoms with Crippen molar-refractivity contribution < 1.29 is 4.74 Å². The molecule has 0 fully saturated rings. The number of aromatic nitrogens is 2. The minimum atomic E-state index is -0.0788. The molecule has 148 valence electrons. The van der Waals surface area contributed by atoms with Crippen LogP contribution < -0.4 is 10.3 Å². The van der Waals surface area contributed by atoms with Crippen molar-refractivity contribution >= 4 is 33.3 Å². The summed E-state index contributed by atoms with van der Waals surface area (Å²) >= 11 is 3.07. The first-order chi connectivity index (χ1) is 14.2. The van der Waals surface area contributed by atoms with E-state index in [2.05, 4.69) is 29.0 Å². The van der Waals surface area contributed by atoms with Crippen molar-refractivity contribution in [2.24, 2.45) is 0 Å². The summed E-state index contributed by atoms with van der Waals surface area (Å²) in [5, 5.41) is 3.34. The minimum absolute atomic E-state index is 0.0788. The van der Waals surface area contributed by atoms with Gasteiger partial charge in [0.1, 0.15) is 10.6 Å². The van der Waals surface area contributed by atoms with Gasteiger partial charge in [-0.3, -0.25) is 4.79 Å². The Labute approximate surface area is 178 Å². The molecule has 0 aliphatic carbocycles. The number of fused-ring (bicyclic) bond motifs is 1. The van der Waals surface area contributed by atoms with Crippen LogP contribution in [0, 0.1) is 0 Å². The number of thioether (sulfide) groups is 1. The summed E-state index contributed by atoms with van der Waals surface area (Å²) in [4.78, 5) is 21.0. The van der Waals surface area contributed by atoms with E-state index in [4.69, 9.17) is 4.74 Å². The maximum absolute atomic E-state index is 12.7. The Morgan fingerprint density at radius 2 is 1.90 bits per heavy atom. The molecule has 0 saturated heterocycles. The molecule has 0 spiro atoms. The molecular formula is C23H22N2O2S2. The molecule has 0 aliphatic rings. The summed E-state index contributed by atoms with van der Waals surface area (Å²) < 4.78 is 5.79. The first-order valence-electron chi connectivity index (χ1n) is 9.66. The van der Waals surface area contributed by atoms with E-state index < -0.39 is 0 Å². The zero-order valence-electron chi connectivity index (χ0n) is 16.2. The fraction of sp³-hybridized carbons (Fsp3) is 0.217. The molecule has 4 nitrogen and oxygen atoms in total. The van der Waals surface area contributed by atoms with Crippen molar-refractivity contribution in [3.8, 4) is 16.9 Å². The van der Waals surface area contributed by atoms with Crippen LogP contribution in [-0.2, 0) is 6.42 Å². The molecule has 0 saturated carbocycles. The molecule has 0 radical (unpaired) electrons. The number of hydrogen-bond acceptors (Lipinski definition) is 5. The summed E-state index contributed by atoms with van der Waals surface area (Å²) in [7, 11) is 0. The van der Waals surface area contributed by atoms with Crippen molar-refractivity contribution in [1.29, 1.82) is 0 Å². The maximum Gasteiger partial charge on any atom is 0.260 e. The number of aromatic amines is 1. The van der Waals surface area contributed by atoms with Gasteiger partial charge in [0.2, 0.25) is 0 Å². The molecule has 6 heteroatoms. The number of aryl methyl sites for hydroxylation is 1. The standard InChI is InChI=1S/C23H22N2O2S2/c1-2-16-9-11-18(12-10-16)27-13-6-14-28-23-24-21(26)20-19(15-29-22(20)25-23)17-7-4-3-5-8-17/h3-5,7-12,15H,2,6,13-14H2,1H3,(H,24,25,26). The highest BCUT2D eigenvalue weighted by Crippen LogP contribution is 2.31. The first kappa shape index (κ1) is 19.7. The van der Waals surface area contributed by atoms with Crippen LogP contribution >= 0.6 is 23.1 Å². The number of hydrogen-bond donors (Lipinski definition) is 1. The zero-order chi connectivity index (χ0) is 20.1. The predicted molar refractivity (Wildman–Crippen MR) is 122 cm³/mol. The lowest BCUT2D eigenvalue weighted by molar-refractivity contribution is 0.318. The molecule has 2 aromatic carbocycles. The third kappa shape index (κ3) is 4.71. The molecule has 29 heavy (non-hydrogen) atoms. The minimum Gasteiger partial charge on any atom is -0.494 e. The van der Waals surface area contributed by atoms with Crippen LogP contribution in [0.2, 0.25) is 0 Å². The van der Waals surface area contributed by atoms with E-state index in [9.17, 15) is 4.79 Å². The van der Waals surface area contributed by atoms with E-state index in [1.807, 2.05) is 47.8 Å². The Morgan fingerprint density at radius 3 is 2.66 bits per heavy atom. The monoisotopic (exact) mass is 422 g/mol. The van der Waals surface area contributed by atoms with Crippen LogP contribution in [0.1, 0.15) is 18.9 Å². The van der Waals surface area contributed by atoms with Gasteiger partial charge in [-0.25, -0.2) is 4.98 Å². The van der Waals surface area contributed by atoms with Gasteiger partial charge in [-0.05, 0) is 36.1 Å². The van der Waals surface area contributed by atoms with Gasteiger partial charge in [-0.15, -0.1) is 11.3 Å². The lowest BCUT2D eigenvalue weighted by Gasteiger charge is -2.06. The second-order valence-corrected chi connectivity index (χ2v) is 8.56. The molecule has 0 atom stereocenters. The van der Waals surface area contributed by atoms with Crippen molar-refractivity contribution in [1.82, 2.24) is 9.97 Å². The largest absolute Gasteiger partial charge is 0.494 e. The van der Waals surface area contributed by atoms with E-state index in [1.54, 1.807) is 11.8 Å². The first-order valence-corrected chi connectivity index (χ1v) is 11.5. The highest BCUT2D eigenvalue weighted by Gasteiger charge is 2.12. The highest BCUT2D eigenvalue weighted by molar-refractivity contribution is 7.99. The maximum atomic E-state index is 12.7. The molecule has 0 bridgehead atoms. The number of ether oxygens (including phenoxy) is 1. The van der Waals surface area contributed by atoms with E-state index in [-0.39, 0.29) is 5.56 Å². The molecule has 2 heterocycles. The lowest BCUT2D eigenvalue weighted by atomic mass is 10.1. The van der Waals surface area contributed by atoms with Crippen LogP contribution in [0.5, 0.6) is 5.75 Å². The second-order valence-electron chi connectivity index (χ2n) is 6.61. The van der Waals surface area contributed by atoms with Gasteiger partial charge in [-0.2, -0.15) is 0 Å². The van der Waals surface area contributed by atoms with Gasteiger partial charge < -0.3 is 9.72 Å². The number of rotatable bonds is 8. The molecule has 4 aromatic rings. The fourth-order valence-corrected chi connectivity index (χ4v) is 4.85. The van der Waals surface area contributed by atoms with Crippen LogP contribution in [0.25, 0.3) is 21.3 Å². The number of nitrogens with zero attached hydrogens (tertiary/aromatic N) is 1. The van der Waals surface area contributed by atoms with E-state index in [0.29, 0.717) is 17.1 Å². The molecule has 0 unspecified atom stereocenters. The summed E-state index contributed by atoms with van der Waals surface area (Å²) in [5.74, 6) is 1.73. The Morgan fingerprint density at radius 1 is 1.10 bits per heavy atom.